The summed E-state index contributed by atoms with van der Waals surface area (Å²) in [6.45, 7) is 26.4. The van der Waals surface area contributed by atoms with Gasteiger partial charge in [0.15, 0.2) is 11.5 Å². The van der Waals surface area contributed by atoms with Crippen LogP contribution in [0.4, 0.5) is 51.2 Å². The van der Waals surface area contributed by atoms with E-state index in [0.717, 1.165) is 101 Å². The molecule has 4 aliphatic rings. The maximum absolute atomic E-state index is 6.51. The Morgan fingerprint density at radius 1 is 0.404 bits per heavy atom. The molecule has 0 bridgehead atoms. The molecule has 460 valence electrons. The molecule has 13 aromatic rings. The molecule has 6 nitrogen and oxygen atoms in total. The number of fused-ring (bicyclic) bond motifs is 12. The third-order valence-corrected chi connectivity index (χ3v) is 20.6. The number of nitrogens with zero attached hydrogens (tertiary/aromatic N) is 3. The van der Waals surface area contributed by atoms with Crippen molar-refractivity contribution in [2.24, 2.45) is 0 Å². The molecule has 3 aliphatic heterocycles. The highest BCUT2D eigenvalue weighted by Gasteiger charge is 2.46. The fraction of sp³-hybridized carbons (Fsp3) is 0.195. The van der Waals surface area contributed by atoms with Crippen LogP contribution in [0.3, 0.4) is 0 Å². The van der Waals surface area contributed by atoms with Gasteiger partial charge >= 0.3 is 0 Å². The van der Waals surface area contributed by atoms with E-state index in [1.807, 2.05) is 12.1 Å². The molecule has 0 fully saturated rings. The van der Waals surface area contributed by atoms with Crippen LogP contribution in [0, 0.1) is 0 Å². The third kappa shape index (κ3) is 9.28. The van der Waals surface area contributed by atoms with E-state index in [1.54, 1.807) is 0 Å². The number of benzene rings is 12. The van der Waals surface area contributed by atoms with Gasteiger partial charge in [-0.05, 0) is 207 Å². The van der Waals surface area contributed by atoms with E-state index in [0.29, 0.717) is 13.2 Å². The number of rotatable bonds is 7. The fourth-order valence-electron chi connectivity index (χ4n) is 15.5. The number of hydrogen-bond donors (Lipinski definition) is 0. The highest BCUT2D eigenvalue weighted by atomic mass is 16.6. The van der Waals surface area contributed by atoms with Gasteiger partial charge in [0, 0.05) is 73.6 Å². The molecule has 7 heteroatoms. The zero-order valence-electron chi connectivity index (χ0n) is 55.6. The second-order valence-corrected chi connectivity index (χ2v) is 30.0. The molecule has 0 saturated carbocycles. The molecular weight excluding hydrogens is 1150 g/mol. The van der Waals surface area contributed by atoms with Crippen LogP contribution < -0.4 is 40.6 Å². The van der Waals surface area contributed by atoms with Crippen molar-refractivity contribution in [3.05, 3.63) is 264 Å². The lowest BCUT2D eigenvalue weighted by atomic mass is 9.33. The van der Waals surface area contributed by atoms with Gasteiger partial charge in [-0.3, -0.25) is 0 Å². The lowest BCUT2D eigenvalue weighted by Gasteiger charge is -2.45. The molecule has 0 N–H and O–H groups in total. The summed E-state index contributed by atoms with van der Waals surface area (Å²) in [5.74, 6) is 2.42. The van der Waals surface area contributed by atoms with Gasteiger partial charge in [-0.2, -0.15) is 0 Å². The van der Waals surface area contributed by atoms with Crippen molar-refractivity contribution in [3.8, 4) is 45.1 Å². The molecule has 0 amide bonds. The minimum atomic E-state index is -0.233. The minimum Gasteiger partial charge on any atom is -0.486 e. The molecule has 0 spiro atoms. The Balaban J connectivity index is 0.862. The quantitative estimate of drug-likeness (QED) is 0.148. The van der Waals surface area contributed by atoms with Crippen LogP contribution in [0.2, 0.25) is 0 Å². The molecule has 0 unspecified atom stereocenters. The third-order valence-electron chi connectivity index (χ3n) is 20.6. The normalized spacial score (nSPS) is 14.4. The van der Waals surface area contributed by atoms with Gasteiger partial charge in [0.25, 0.3) is 6.71 Å². The van der Waals surface area contributed by atoms with Crippen LogP contribution in [0.15, 0.2) is 241 Å². The average molecular weight is 1220 g/mol. The molecule has 4 heterocycles. The summed E-state index contributed by atoms with van der Waals surface area (Å²) in [5.41, 5.74) is 26.7. The first kappa shape index (κ1) is 57.6. The predicted molar refractivity (Wildman–Crippen MR) is 395 cm³/mol. The lowest BCUT2D eigenvalue weighted by Crippen LogP contribution is -2.61. The van der Waals surface area contributed by atoms with Crippen LogP contribution in [0.5, 0.6) is 11.5 Å². The number of para-hydroxylation sites is 1. The molecule has 1 aromatic heterocycles. The summed E-state index contributed by atoms with van der Waals surface area (Å²) in [6.07, 6.45) is 0. The second-order valence-electron chi connectivity index (χ2n) is 30.0. The lowest BCUT2D eigenvalue weighted by molar-refractivity contribution is 0.172. The summed E-state index contributed by atoms with van der Waals surface area (Å²) in [5, 5.41) is 5.95. The molecular formula is C87H76BN3O3. The number of furan rings is 1. The number of hydrogen-bond acceptors (Lipinski definition) is 6. The van der Waals surface area contributed by atoms with E-state index < -0.39 is 0 Å². The molecule has 0 atom stereocenters. The van der Waals surface area contributed by atoms with E-state index in [1.165, 1.54) is 71.8 Å². The van der Waals surface area contributed by atoms with Crippen LogP contribution in [0.25, 0.3) is 66.1 Å². The maximum Gasteiger partial charge on any atom is 0.252 e. The van der Waals surface area contributed by atoms with Gasteiger partial charge in [0.2, 0.25) is 0 Å². The van der Waals surface area contributed by atoms with E-state index in [9.17, 15) is 0 Å². The van der Waals surface area contributed by atoms with E-state index >= 15 is 0 Å². The topological polar surface area (TPSA) is 41.3 Å². The van der Waals surface area contributed by atoms with Crippen molar-refractivity contribution in [2.45, 2.75) is 97.8 Å². The smallest absolute Gasteiger partial charge is 0.252 e. The summed E-state index contributed by atoms with van der Waals surface area (Å²) in [4.78, 5) is 7.50. The Labute approximate surface area is 552 Å². The first-order valence-corrected chi connectivity index (χ1v) is 33.4. The molecule has 94 heavy (non-hydrogen) atoms. The molecule has 0 radical (unpaired) electrons. The van der Waals surface area contributed by atoms with Crippen molar-refractivity contribution in [3.63, 3.8) is 0 Å². The Kier molecular flexibility index (Phi) is 12.8. The Morgan fingerprint density at radius 3 is 1.64 bits per heavy atom. The maximum atomic E-state index is 6.51. The van der Waals surface area contributed by atoms with E-state index in [-0.39, 0.29) is 28.4 Å². The molecule has 12 aromatic carbocycles. The van der Waals surface area contributed by atoms with E-state index in [2.05, 4.69) is 315 Å². The van der Waals surface area contributed by atoms with Gasteiger partial charge in [0.1, 0.15) is 24.6 Å². The summed E-state index contributed by atoms with van der Waals surface area (Å²) < 4.78 is 19.4. The second kappa shape index (κ2) is 20.9. The van der Waals surface area contributed by atoms with Crippen LogP contribution >= 0.6 is 0 Å². The predicted octanol–water partition coefficient (Wildman–Crippen LogP) is 21.6. The summed E-state index contributed by atoms with van der Waals surface area (Å²) in [7, 11) is 0. The first-order chi connectivity index (χ1) is 45.2. The van der Waals surface area contributed by atoms with Gasteiger partial charge in [0.05, 0.1) is 0 Å². The van der Waals surface area contributed by atoms with Crippen LogP contribution in [0.1, 0.15) is 104 Å². The largest absolute Gasteiger partial charge is 0.486 e. The standard InChI is InChI=1S/C87H76BN3O3/c1-84(2,3)60-26-34-64(35-27-60)90-74-41-30-62(86(7,8)9)49-72(74)88-73-51-80-81(93-43-42-92-80)52-75(73)91(65-36-28-61(29-37-65)85(4,5)6)77-47-59(46-76(90)83(77)88)53-22-31-63(32-23-53)89(66-33-24-55-44-58(21-20-56(55)45-66)79-48-57-17-13-15-19-78(57)94-79)67-38-39-69-71(50-67)87(10,11)70-40-25-54-16-12-14-18-68(54)82(69)70/h12-41,44-52H,42-43H2,1-11H3. The van der Waals surface area contributed by atoms with Crippen molar-refractivity contribution >= 4 is 107 Å². The monoisotopic (exact) mass is 1220 g/mol. The van der Waals surface area contributed by atoms with E-state index in [4.69, 9.17) is 13.9 Å². The highest BCUT2D eigenvalue weighted by Crippen LogP contribution is 2.54. The Bertz CT molecular complexity index is 5220. The number of ether oxygens (including phenoxy) is 2. The van der Waals surface area contributed by atoms with Crippen molar-refractivity contribution in [1.82, 2.24) is 0 Å². The highest BCUT2D eigenvalue weighted by molar-refractivity contribution is 7.00. The van der Waals surface area contributed by atoms with Crippen LogP contribution in [-0.4, -0.2) is 19.9 Å². The Hall–Kier alpha value is -10.2. The average Bonchev–Trinajstić information content (AvgIpc) is 0.799. The molecule has 1 aliphatic carbocycles. The Morgan fingerprint density at radius 2 is 0.957 bits per heavy atom. The van der Waals surface area contributed by atoms with Gasteiger partial charge in [-0.15, -0.1) is 0 Å². The van der Waals surface area contributed by atoms with Crippen molar-refractivity contribution in [2.75, 3.05) is 27.9 Å². The summed E-state index contributed by atoms with van der Waals surface area (Å²) in [6, 6.07) is 89.2. The zero-order valence-corrected chi connectivity index (χ0v) is 55.6. The van der Waals surface area contributed by atoms with Gasteiger partial charge in [-0.25, -0.2) is 0 Å². The zero-order chi connectivity index (χ0) is 64.3. The fourth-order valence-corrected chi connectivity index (χ4v) is 15.5. The van der Waals surface area contributed by atoms with Crippen molar-refractivity contribution in [1.29, 1.82) is 0 Å². The SMILES string of the molecule is CC(C)(C)c1ccc(N2c3ccc(C(C)(C)C)cc3B3c4cc5c(cc4N(c4ccc(C(C)(C)C)cc4)c4cc(-c6ccc(N(c7ccc8c(c7)C(C)(C)c7ccc9ccccc9c7-8)c7ccc8cc(-c9cc%10ccccc%10o9)ccc8c7)cc6)cc2c43)OCCO5)cc1. The molecule has 17 rings (SSSR count). The summed E-state index contributed by atoms with van der Waals surface area (Å²) >= 11 is 0. The van der Waals surface area contributed by atoms with Crippen LogP contribution in [-0.2, 0) is 21.7 Å². The van der Waals surface area contributed by atoms with Gasteiger partial charge in [-0.1, -0.05) is 204 Å². The van der Waals surface area contributed by atoms with Crippen molar-refractivity contribution < 1.29 is 13.9 Å². The first-order valence-electron chi connectivity index (χ1n) is 33.4. The number of anilines is 9. The molecule has 0 saturated heterocycles. The van der Waals surface area contributed by atoms with Gasteiger partial charge < -0.3 is 28.6 Å². The minimum absolute atomic E-state index is 0.0167.